The maximum atomic E-state index is 11.5. The minimum Gasteiger partial charge on any atom is -0.481 e. The molecule has 0 bridgehead atoms. The quantitative estimate of drug-likeness (QED) is 0.219. The van der Waals surface area contributed by atoms with Gasteiger partial charge < -0.3 is 10.4 Å². The van der Waals surface area contributed by atoms with Crippen molar-refractivity contribution >= 4 is 11.9 Å². The van der Waals surface area contributed by atoms with Crippen LogP contribution in [0.4, 0.5) is 0 Å². The number of nitrogens with one attached hydrogen (secondary N) is 1. The van der Waals surface area contributed by atoms with Crippen molar-refractivity contribution in [2.45, 2.75) is 84.0 Å². The van der Waals surface area contributed by atoms with Gasteiger partial charge >= 0.3 is 5.97 Å². The van der Waals surface area contributed by atoms with Crippen LogP contribution in [0.5, 0.6) is 0 Å². The van der Waals surface area contributed by atoms with Crippen molar-refractivity contribution in [3.05, 3.63) is 48.6 Å². The van der Waals surface area contributed by atoms with Crippen LogP contribution in [-0.2, 0) is 9.59 Å². The number of carboxylic acids is 1. The summed E-state index contributed by atoms with van der Waals surface area (Å²) in [4.78, 5) is 21.9. The van der Waals surface area contributed by atoms with E-state index in [1.165, 1.54) is 25.7 Å². The molecule has 0 heterocycles. The molecule has 0 aliphatic rings. The minimum absolute atomic E-state index is 0.00118. The van der Waals surface area contributed by atoms with Gasteiger partial charge in [0.2, 0.25) is 5.91 Å². The molecule has 2 N–H and O–H groups in total. The van der Waals surface area contributed by atoms with Crippen molar-refractivity contribution in [3.63, 3.8) is 0 Å². The lowest BCUT2D eigenvalue weighted by Gasteiger charge is -2.02. The largest absolute Gasteiger partial charge is 0.481 e. The summed E-state index contributed by atoms with van der Waals surface area (Å²) < 4.78 is 0. The molecule has 0 aliphatic carbocycles. The molecule has 0 aromatic rings. The van der Waals surface area contributed by atoms with Crippen LogP contribution in [0.1, 0.15) is 84.0 Å². The first-order valence-corrected chi connectivity index (χ1v) is 10.7. The number of amides is 1. The molecule has 0 aromatic carbocycles. The monoisotopic (exact) mass is 389 g/mol. The van der Waals surface area contributed by atoms with Gasteiger partial charge in [-0.25, -0.2) is 0 Å². The fourth-order valence-electron chi connectivity index (χ4n) is 2.50. The second kappa shape index (κ2) is 21.2. The van der Waals surface area contributed by atoms with E-state index in [1.54, 1.807) is 0 Å². The highest BCUT2D eigenvalue weighted by atomic mass is 16.4. The second-order valence-corrected chi connectivity index (χ2v) is 6.83. The number of carbonyl (C=O) groups is 2. The van der Waals surface area contributed by atoms with Crippen LogP contribution in [-0.4, -0.2) is 23.5 Å². The van der Waals surface area contributed by atoms with Crippen molar-refractivity contribution in [2.24, 2.45) is 0 Å². The summed E-state index contributed by atoms with van der Waals surface area (Å²) in [7, 11) is 0. The summed E-state index contributed by atoms with van der Waals surface area (Å²) in [6.45, 7) is 2.67. The molecule has 158 valence electrons. The standard InChI is InChI=1S/C24H39NO3/c1-2-3-4-5-6-7-8-9-10-11-12-13-14-15-16-17-18-20-23(26)25-22-19-21-24(27)28/h6-7,9-10,12-13,15-16H,2-5,8,11,14,17-22H2,1H3,(H,25,26)(H,27,28)/b7-6+,10-9+,13-12+,16-15+. The first-order chi connectivity index (χ1) is 13.7. The van der Waals surface area contributed by atoms with Gasteiger partial charge in [-0.1, -0.05) is 68.4 Å². The van der Waals surface area contributed by atoms with Gasteiger partial charge in [-0.05, 0) is 51.4 Å². The summed E-state index contributed by atoms with van der Waals surface area (Å²) in [5.41, 5.74) is 0. The van der Waals surface area contributed by atoms with Crippen molar-refractivity contribution in [1.82, 2.24) is 5.32 Å². The van der Waals surface area contributed by atoms with Crippen molar-refractivity contribution < 1.29 is 14.7 Å². The van der Waals surface area contributed by atoms with E-state index in [1.807, 2.05) is 0 Å². The van der Waals surface area contributed by atoms with Crippen LogP contribution in [0.25, 0.3) is 0 Å². The molecule has 28 heavy (non-hydrogen) atoms. The number of aliphatic carboxylic acids is 1. The van der Waals surface area contributed by atoms with Crippen LogP contribution in [0.15, 0.2) is 48.6 Å². The normalized spacial score (nSPS) is 12.0. The van der Waals surface area contributed by atoms with Gasteiger partial charge in [0.25, 0.3) is 0 Å². The number of rotatable bonds is 18. The Hall–Kier alpha value is -2.10. The summed E-state index contributed by atoms with van der Waals surface area (Å²) >= 11 is 0. The number of hydrogen-bond acceptors (Lipinski definition) is 2. The molecule has 0 radical (unpaired) electrons. The maximum Gasteiger partial charge on any atom is 0.303 e. The molecule has 0 spiro atoms. The molecule has 0 atom stereocenters. The average Bonchev–Trinajstić information content (AvgIpc) is 2.67. The van der Waals surface area contributed by atoms with E-state index in [9.17, 15) is 9.59 Å². The first kappa shape index (κ1) is 25.9. The predicted molar refractivity (Wildman–Crippen MR) is 118 cm³/mol. The molecule has 0 saturated heterocycles. The number of hydrogen-bond donors (Lipinski definition) is 2. The van der Waals surface area contributed by atoms with Crippen LogP contribution >= 0.6 is 0 Å². The number of carboxylic acid groups (broad SMARTS) is 1. The van der Waals surface area contributed by atoms with E-state index in [0.29, 0.717) is 19.4 Å². The summed E-state index contributed by atoms with van der Waals surface area (Å²) in [5, 5.41) is 11.3. The SMILES string of the molecule is CCCCC/C=C/C/C=C/C/C=C/C/C=C/CCCC(=O)NCCCC(=O)O. The lowest BCUT2D eigenvalue weighted by Crippen LogP contribution is -2.24. The zero-order chi connectivity index (χ0) is 20.7. The summed E-state index contributed by atoms with van der Waals surface area (Å²) in [6.07, 6.45) is 28.3. The molecule has 0 unspecified atom stereocenters. The molecular weight excluding hydrogens is 350 g/mol. The van der Waals surface area contributed by atoms with Crippen LogP contribution in [0.3, 0.4) is 0 Å². The molecule has 0 aromatic heterocycles. The van der Waals surface area contributed by atoms with Gasteiger partial charge in [-0.15, -0.1) is 0 Å². The van der Waals surface area contributed by atoms with Crippen LogP contribution in [0.2, 0.25) is 0 Å². The van der Waals surface area contributed by atoms with Crippen LogP contribution < -0.4 is 5.32 Å². The highest BCUT2D eigenvalue weighted by Gasteiger charge is 2.00. The third-order valence-corrected chi connectivity index (χ3v) is 4.12. The minimum atomic E-state index is -0.824. The third-order valence-electron chi connectivity index (χ3n) is 4.12. The number of allylic oxidation sites excluding steroid dienone is 8. The van der Waals surface area contributed by atoms with E-state index in [-0.39, 0.29) is 12.3 Å². The van der Waals surface area contributed by atoms with E-state index in [4.69, 9.17) is 5.11 Å². The van der Waals surface area contributed by atoms with Gasteiger partial charge in [0, 0.05) is 19.4 Å². The lowest BCUT2D eigenvalue weighted by atomic mass is 10.2. The fraction of sp³-hybridized carbons (Fsp3) is 0.583. The zero-order valence-electron chi connectivity index (χ0n) is 17.6. The van der Waals surface area contributed by atoms with Gasteiger partial charge in [-0.3, -0.25) is 9.59 Å². The topological polar surface area (TPSA) is 66.4 Å². The Morgan fingerprint density at radius 2 is 1.25 bits per heavy atom. The Morgan fingerprint density at radius 1 is 0.714 bits per heavy atom. The second-order valence-electron chi connectivity index (χ2n) is 6.83. The Balaban J connectivity index is 3.47. The summed E-state index contributed by atoms with van der Waals surface area (Å²) in [5.74, 6) is -0.823. The Labute approximate surface area is 171 Å². The first-order valence-electron chi connectivity index (χ1n) is 10.7. The Morgan fingerprint density at radius 3 is 1.79 bits per heavy atom. The predicted octanol–water partition coefficient (Wildman–Crippen LogP) is 6.11. The molecule has 4 nitrogen and oxygen atoms in total. The van der Waals surface area contributed by atoms with Gasteiger partial charge in [0.15, 0.2) is 0 Å². The molecule has 0 saturated carbocycles. The van der Waals surface area contributed by atoms with E-state index < -0.39 is 5.97 Å². The summed E-state index contributed by atoms with van der Waals surface area (Å²) in [6, 6.07) is 0. The Kier molecular flexibility index (Phi) is 19.6. The average molecular weight is 390 g/mol. The number of carbonyl (C=O) groups excluding carboxylic acids is 1. The Bertz CT molecular complexity index is 504. The molecule has 0 rings (SSSR count). The molecule has 0 fully saturated rings. The highest BCUT2D eigenvalue weighted by Crippen LogP contribution is 2.01. The molecule has 0 aliphatic heterocycles. The van der Waals surface area contributed by atoms with Crippen LogP contribution in [0, 0.1) is 0 Å². The highest BCUT2D eigenvalue weighted by molar-refractivity contribution is 5.75. The lowest BCUT2D eigenvalue weighted by molar-refractivity contribution is -0.137. The van der Waals surface area contributed by atoms with Crippen molar-refractivity contribution in [3.8, 4) is 0 Å². The zero-order valence-corrected chi connectivity index (χ0v) is 17.6. The molecular formula is C24H39NO3. The van der Waals surface area contributed by atoms with Crippen molar-refractivity contribution in [2.75, 3.05) is 6.54 Å². The van der Waals surface area contributed by atoms with Gasteiger partial charge in [0.05, 0.1) is 0 Å². The number of unbranched alkanes of at least 4 members (excludes halogenated alkanes) is 4. The van der Waals surface area contributed by atoms with E-state index in [0.717, 1.165) is 32.1 Å². The molecule has 4 heteroatoms. The van der Waals surface area contributed by atoms with Crippen molar-refractivity contribution in [1.29, 1.82) is 0 Å². The van der Waals surface area contributed by atoms with Gasteiger partial charge in [0.1, 0.15) is 0 Å². The van der Waals surface area contributed by atoms with E-state index in [2.05, 4.69) is 60.8 Å². The maximum absolute atomic E-state index is 11.5. The smallest absolute Gasteiger partial charge is 0.303 e. The third kappa shape index (κ3) is 21.9. The molecule has 1 amide bonds. The van der Waals surface area contributed by atoms with Gasteiger partial charge in [-0.2, -0.15) is 0 Å². The fourth-order valence-corrected chi connectivity index (χ4v) is 2.50. The van der Waals surface area contributed by atoms with E-state index >= 15 is 0 Å².